The van der Waals surface area contributed by atoms with E-state index in [1.807, 2.05) is 0 Å². The van der Waals surface area contributed by atoms with Crippen LogP contribution in [0.3, 0.4) is 0 Å². The van der Waals surface area contributed by atoms with Gasteiger partial charge in [-0.05, 0) is 42.5 Å². The predicted octanol–water partition coefficient (Wildman–Crippen LogP) is 3.04. The van der Waals surface area contributed by atoms with Gasteiger partial charge in [0.25, 0.3) is 0 Å². The molecule has 3 rings (SSSR count). The number of hydrogen-bond acceptors (Lipinski definition) is 5. The summed E-state index contributed by atoms with van der Waals surface area (Å²) in [6.45, 7) is 0. The molecule has 0 spiro atoms. The Labute approximate surface area is 132 Å². The van der Waals surface area contributed by atoms with Crippen molar-refractivity contribution in [2.45, 2.75) is 0 Å². The summed E-state index contributed by atoms with van der Waals surface area (Å²) < 4.78 is 15.4. The molecule has 0 atom stereocenters. The first kappa shape index (κ1) is 14.8. The lowest BCUT2D eigenvalue weighted by Crippen LogP contribution is -2.14. The molecule has 0 aliphatic heterocycles. The summed E-state index contributed by atoms with van der Waals surface area (Å²) in [6.07, 6.45) is 0. The maximum atomic E-state index is 12.5. The van der Waals surface area contributed by atoms with Crippen molar-refractivity contribution in [3.05, 3.63) is 70.1 Å². The highest BCUT2D eigenvalue weighted by Crippen LogP contribution is 2.21. The van der Waals surface area contributed by atoms with Crippen molar-refractivity contribution in [2.75, 3.05) is 14.2 Å². The lowest BCUT2D eigenvalue weighted by molar-refractivity contribution is 0.103. The number of carbonyl (C=O) groups excluding carboxylic acids is 1. The Kier molecular flexibility index (Phi) is 3.85. The summed E-state index contributed by atoms with van der Waals surface area (Å²) in [7, 11) is 3.07. The number of carbonyl (C=O) groups is 1. The van der Waals surface area contributed by atoms with Gasteiger partial charge >= 0.3 is 5.63 Å². The van der Waals surface area contributed by atoms with Gasteiger partial charge < -0.3 is 13.9 Å². The van der Waals surface area contributed by atoms with Gasteiger partial charge in [-0.15, -0.1) is 0 Å². The molecule has 1 heterocycles. The monoisotopic (exact) mass is 310 g/mol. The van der Waals surface area contributed by atoms with Gasteiger partial charge in [-0.1, -0.05) is 0 Å². The van der Waals surface area contributed by atoms with Crippen molar-refractivity contribution >= 4 is 16.8 Å². The summed E-state index contributed by atoms with van der Waals surface area (Å²) in [5, 5.41) is 0.655. The van der Waals surface area contributed by atoms with Gasteiger partial charge in [-0.3, -0.25) is 4.79 Å². The third kappa shape index (κ3) is 2.81. The average Bonchev–Trinajstić information content (AvgIpc) is 2.60. The summed E-state index contributed by atoms with van der Waals surface area (Å²) in [5.74, 6) is 0.827. The van der Waals surface area contributed by atoms with Gasteiger partial charge in [0, 0.05) is 17.0 Å². The standard InChI is InChI=1S/C18H14O5/c1-21-13-6-3-11(4-7-13)17(19)15-9-12-5-8-14(22-2)10-16(12)23-18(15)20/h3-10H,1-2H3. The highest BCUT2D eigenvalue weighted by atomic mass is 16.5. The van der Waals surface area contributed by atoms with Crippen molar-refractivity contribution in [1.82, 2.24) is 0 Å². The summed E-state index contributed by atoms with van der Waals surface area (Å²) >= 11 is 0. The molecule has 0 aliphatic rings. The van der Waals surface area contributed by atoms with E-state index in [0.717, 1.165) is 0 Å². The molecule has 3 aromatic rings. The number of ketones is 1. The number of fused-ring (bicyclic) bond motifs is 1. The number of ether oxygens (including phenoxy) is 2. The molecule has 0 fully saturated rings. The van der Waals surface area contributed by atoms with E-state index < -0.39 is 5.63 Å². The molecule has 0 saturated heterocycles. The van der Waals surface area contributed by atoms with Crippen LogP contribution in [0.15, 0.2) is 57.7 Å². The van der Waals surface area contributed by atoms with Gasteiger partial charge in [0.15, 0.2) is 5.78 Å². The van der Waals surface area contributed by atoms with Gasteiger partial charge in [-0.25, -0.2) is 4.79 Å². The third-order valence-corrected chi connectivity index (χ3v) is 3.54. The molecule has 0 N–H and O–H groups in total. The van der Waals surface area contributed by atoms with Gasteiger partial charge in [-0.2, -0.15) is 0 Å². The van der Waals surface area contributed by atoms with Crippen molar-refractivity contribution in [3.63, 3.8) is 0 Å². The molecule has 0 saturated carbocycles. The van der Waals surface area contributed by atoms with Gasteiger partial charge in [0.1, 0.15) is 22.6 Å². The molecule has 5 heteroatoms. The van der Waals surface area contributed by atoms with E-state index in [2.05, 4.69) is 0 Å². The van der Waals surface area contributed by atoms with Crippen LogP contribution >= 0.6 is 0 Å². The fraction of sp³-hybridized carbons (Fsp3) is 0.111. The molecular weight excluding hydrogens is 296 g/mol. The minimum atomic E-state index is -0.674. The first-order chi connectivity index (χ1) is 11.1. The van der Waals surface area contributed by atoms with Crippen LogP contribution in [0.2, 0.25) is 0 Å². The van der Waals surface area contributed by atoms with Crippen LogP contribution in [-0.2, 0) is 0 Å². The topological polar surface area (TPSA) is 65.7 Å². The maximum absolute atomic E-state index is 12.5. The van der Waals surface area contributed by atoms with Gasteiger partial charge in [0.05, 0.1) is 14.2 Å². The fourth-order valence-corrected chi connectivity index (χ4v) is 2.27. The van der Waals surface area contributed by atoms with E-state index in [1.54, 1.807) is 49.6 Å². The van der Waals surface area contributed by atoms with Crippen LogP contribution in [0.4, 0.5) is 0 Å². The second-order valence-corrected chi connectivity index (χ2v) is 4.91. The van der Waals surface area contributed by atoms with Gasteiger partial charge in [0.2, 0.25) is 0 Å². The fourth-order valence-electron chi connectivity index (χ4n) is 2.27. The molecule has 23 heavy (non-hydrogen) atoms. The van der Waals surface area contributed by atoms with E-state index in [9.17, 15) is 9.59 Å². The highest BCUT2D eigenvalue weighted by Gasteiger charge is 2.16. The highest BCUT2D eigenvalue weighted by molar-refractivity contribution is 6.09. The maximum Gasteiger partial charge on any atom is 0.347 e. The first-order valence-corrected chi connectivity index (χ1v) is 6.93. The Balaban J connectivity index is 2.06. The van der Waals surface area contributed by atoms with E-state index in [4.69, 9.17) is 13.9 Å². The molecule has 2 aromatic carbocycles. The lowest BCUT2D eigenvalue weighted by atomic mass is 10.0. The Morgan fingerprint density at radius 3 is 2.22 bits per heavy atom. The minimum absolute atomic E-state index is 0.00664. The minimum Gasteiger partial charge on any atom is -0.497 e. The van der Waals surface area contributed by atoms with Crippen LogP contribution in [0, 0.1) is 0 Å². The molecule has 0 aliphatic carbocycles. The molecule has 5 nitrogen and oxygen atoms in total. The number of rotatable bonds is 4. The van der Waals surface area contributed by atoms with Crippen LogP contribution in [0.1, 0.15) is 15.9 Å². The summed E-state index contributed by atoms with van der Waals surface area (Å²) in [6, 6.07) is 13.2. The second kappa shape index (κ2) is 5.96. The summed E-state index contributed by atoms with van der Waals surface area (Å²) in [4.78, 5) is 24.6. The van der Waals surface area contributed by atoms with E-state index in [0.29, 0.717) is 28.0 Å². The van der Waals surface area contributed by atoms with Crippen LogP contribution in [-0.4, -0.2) is 20.0 Å². The zero-order chi connectivity index (χ0) is 16.4. The van der Waals surface area contributed by atoms with Crippen molar-refractivity contribution in [2.24, 2.45) is 0 Å². The van der Waals surface area contributed by atoms with Crippen LogP contribution in [0.25, 0.3) is 11.0 Å². The lowest BCUT2D eigenvalue weighted by Gasteiger charge is -2.05. The Morgan fingerprint density at radius 2 is 1.57 bits per heavy atom. The van der Waals surface area contributed by atoms with E-state index in [1.165, 1.54) is 13.2 Å². The van der Waals surface area contributed by atoms with Crippen LogP contribution in [0.5, 0.6) is 11.5 Å². The molecule has 0 radical (unpaired) electrons. The van der Waals surface area contributed by atoms with Crippen molar-refractivity contribution in [3.8, 4) is 11.5 Å². The number of hydrogen-bond donors (Lipinski definition) is 0. The molecule has 1 aromatic heterocycles. The van der Waals surface area contributed by atoms with Crippen LogP contribution < -0.4 is 15.1 Å². The zero-order valence-corrected chi connectivity index (χ0v) is 12.7. The van der Waals surface area contributed by atoms with E-state index >= 15 is 0 Å². The summed E-state index contributed by atoms with van der Waals surface area (Å²) in [5.41, 5.74) is 0.0889. The smallest absolute Gasteiger partial charge is 0.347 e. The van der Waals surface area contributed by atoms with Crippen molar-refractivity contribution < 1.29 is 18.7 Å². The Morgan fingerprint density at radius 1 is 0.913 bits per heavy atom. The van der Waals surface area contributed by atoms with Crippen molar-refractivity contribution in [1.29, 1.82) is 0 Å². The van der Waals surface area contributed by atoms with E-state index in [-0.39, 0.29) is 11.3 Å². The molecule has 116 valence electrons. The average molecular weight is 310 g/mol. The Bertz CT molecular complexity index is 922. The molecule has 0 unspecified atom stereocenters. The molecule has 0 amide bonds. The largest absolute Gasteiger partial charge is 0.497 e. The predicted molar refractivity (Wildman–Crippen MR) is 85.5 cm³/mol. The second-order valence-electron chi connectivity index (χ2n) is 4.91. The normalized spacial score (nSPS) is 10.5. The SMILES string of the molecule is COc1ccc(C(=O)c2cc3ccc(OC)cc3oc2=O)cc1. The zero-order valence-electron chi connectivity index (χ0n) is 12.7. The first-order valence-electron chi connectivity index (χ1n) is 6.93. The quantitative estimate of drug-likeness (QED) is 0.547. The number of benzene rings is 2. The Hall–Kier alpha value is -3.08. The molecular formula is C18H14O5. The third-order valence-electron chi connectivity index (χ3n) is 3.54. The molecule has 0 bridgehead atoms. The number of methoxy groups -OCH3 is 2.